The fraction of sp³-hybridized carbons (Fsp3) is 0.400. The highest BCUT2D eigenvalue weighted by Crippen LogP contribution is 2.28. The average Bonchev–Trinajstić information content (AvgIpc) is 3.15. The number of amides is 1. The van der Waals surface area contributed by atoms with Gasteiger partial charge < -0.3 is 14.6 Å². The molecule has 0 radical (unpaired) electrons. The van der Waals surface area contributed by atoms with Crippen LogP contribution in [0.2, 0.25) is 5.02 Å². The number of aromatic nitrogens is 1. The van der Waals surface area contributed by atoms with Gasteiger partial charge in [0, 0.05) is 37.1 Å². The van der Waals surface area contributed by atoms with E-state index in [-0.39, 0.29) is 5.91 Å². The molecular weight excluding hydrogens is 274 g/mol. The normalized spacial score (nSPS) is 28.1. The van der Waals surface area contributed by atoms with Crippen LogP contribution in [0.5, 0.6) is 0 Å². The van der Waals surface area contributed by atoms with Gasteiger partial charge in [0.1, 0.15) is 0 Å². The van der Waals surface area contributed by atoms with E-state index in [0.717, 1.165) is 18.6 Å². The summed E-state index contributed by atoms with van der Waals surface area (Å²) in [5, 5.41) is 3.84. The van der Waals surface area contributed by atoms with Crippen molar-refractivity contribution in [2.75, 3.05) is 19.6 Å². The van der Waals surface area contributed by atoms with Crippen LogP contribution in [0.3, 0.4) is 0 Å². The van der Waals surface area contributed by atoms with Crippen molar-refractivity contribution in [2.45, 2.75) is 12.5 Å². The van der Waals surface area contributed by atoms with Crippen molar-refractivity contribution in [1.82, 2.24) is 14.6 Å². The zero-order chi connectivity index (χ0) is 13.7. The second-order valence-electron chi connectivity index (χ2n) is 5.76. The first-order valence-electron chi connectivity index (χ1n) is 7.00. The minimum absolute atomic E-state index is 0.00326. The minimum atomic E-state index is 0.00326. The van der Waals surface area contributed by atoms with E-state index in [1.165, 1.54) is 13.0 Å². The number of piperidine rings is 1. The van der Waals surface area contributed by atoms with Crippen LogP contribution in [0.15, 0.2) is 30.6 Å². The molecule has 3 atom stereocenters. The van der Waals surface area contributed by atoms with Gasteiger partial charge in [0.2, 0.25) is 0 Å². The van der Waals surface area contributed by atoms with Gasteiger partial charge >= 0.3 is 0 Å². The number of hydrogen-bond acceptors (Lipinski definition) is 2. The van der Waals surface area contributed by atoms with Crippen molar-refractivity contribution in [3.8, 4) is 0 Å². The Balaban J connectivity index is 1.56. The van der Waals surface area contributed by atoms with Crippen molar-refractivity contribution in [1.29, 1.82) is 0 Å². The van der Waals surface area contributed by atoms with Gasteiger partial charge in [0.15, 0.2) is 0 Å². The second-order valence-corrected chi connectivity index (χ2v) is 6.17. The Labute approximate surface area is 122 Å². The largest absolute Gasteiger partial charge is 0.348 e. The summed E-state index contributed by atoms with van der Waals surface area (Å²) in [6.45, 7) is 3.31. The van der Waals surface area contributed by atoms with E-state index in [2.05, 4.69) is 10.2 Å². The van der Waals surface area contributed by atoms with Gasteiger partial charge in [-0.2, -0.15) is 0 Å². The lowest BCUT2D eigenvalue weighted by atomic mass is 10.00. The molecule has 1 amide bonds. The number of carbonyl (C=O) groups is 1. The van der Waals surface area contributed by atoms with Gasteiger partial charge in [0.25, 0.3) is 5.91 Å². The lowest BCUT2D eigenvalue weighted by molar-refractivity contribution is 0.0924. The number of fused-ring (bicyclic) bond motifs is 3. The Morgan fingerprint density at radius 1 is 1.30 bits per heavy atom. The molecular formula is C15H16ClN3O. The Morgan fingerprint density at radius 2 is 2.15 bits per heavy atom. The summed E-state index contributed by atoms with van der Waals surface area (Å²) in [5.74, 6) is 0.628. The maximum atomic E-state index is 12.4. The molecule has 3 unspecified atom stereocenters. The zero-order valence-electron chi connectivity index (χ0n) is 11.1. The summed E-state index contributed by atoms with van der Waals surface area (Å²) < 4.78 is 1.92. The zero-order valence-corrected chi connectivity index (χ0v) is 11.8. The number of hydrogen-bond donors (Lipinski definition) is 1. The summed E-state index contributed by atoms with van der Waals surface area (Å²) in [4.78, 5) is 14.8. The third-order valence-electron chi connectivity index (χ3n) is 4.52. The van der Waals surface area contributed by atoms with E-state index < -0.39 is 0 Å². The summed E-state index contributed by atoms with van der Waals surface area (Å²) in [6.07, 6.45) is 4.97. The van der Waals surface area contributed by atoms with Crippen LogP contribution < -0.4 is 5.32 Å². The average molecular weight is 290 g/mol. The first kappa shape index (κ1) is 12.2. The number of nitrogens with zero attached hydrogens (tertiary/aromatic N) is 2. The molecule has 4 heterocycles. The van der Waals surface area contributed by atoms with Crippen molar-refractivity contribution in [2.24, 2.45) is 5.92 Å². The number of pyridine rings is 1. The molecule has 104 valence electrons. The topological polar surface area (TPSA) is 36.8 Å². The van der Waals surface area contributed by atoms with E-state index in [4.69, 9.17) is 11.6 Å². The van der Waals surface area contributed by atoms with Gasteiger partial charge in [-0.25, -0.2) is 0 Å². The number of halogens is 1. The molecule has 2 saturated heterocycles. The maximum absolute atomic E-state index is 12.4. The number of nitrogens with one attached hydrogen (secondary N) is 1. The summed E-state index contributed by atoms with van der Waals surface area (Å²) in [6, 6.07) is 5.83. The van der Waals surface area contributed by atoms with Crippen LogP contribution in [0.25, 0.3) is 5.52 Å². The molecule has 0 aliphatic carbocycles. The molecule has 4 nitrogen and oxygen atoms in total. The first-order valence-corrected chi connectivity index (χ1v) is 7.38. The highest BCUT2D eigenvalue weighted by Gasteiger charge is 2.38. The van der Waals surface area contributed by atoms with E-state index >= 15 is 0 Å². The summed E-state index contributed by atoms with van der Waals surface area (Å²) >= 11 is 6.11. The third kappa shape index (κ3) is 1.91. The fourth-order valence-corrected chi connectivity index (χ4v) is 3.61. The molecule has 2 aromatic rings. The predicted octanol–water partition coefficient (Wildman–Crippen LogP) is 2.03. The molecule has 2 aliphatic rings. The molecule has 0 aromatic carbocycles. The van der Waals surface area contributed by atoms with Crippen molar-refractivity contribution in [3.05, 3.63) is 41.2 Å². The van der Waals surface area contributed by atoms with E-state index in [1.54, 1.807) is 0 Å². The van der Waals surface area contributed by atoms with Crippen LogP contribution in [-0.4, -0.2) is 40.9 Å². The standard InChI is InChI=1S/C15H16ClN3O/c16-12-3-6-19-5-2-10(7-14(12)19)15(20)17-13-9-18-4-1-11(13)8-18/h2-3,5-7,11,13H,1,4,8-9H2,(H,17,20). The van der Waals surface area contributed by atoms with Gasteiger partial charge in [-0.1, -0.05) is 11.6 Å². The van der Waals surface area contributed by atoms with E-state index in [1.807, 2.05) is 35.0 Å². The Hall–Kier alpha value is -1.52. The van der Waals surface area contributed by atoms with Crippen LogP contribution in [-0.2, 0) is 0 Å². The van der Waals surface area contributed by atoms with Crippen molar-refractivity contribution in [3.63, 3.8) is 0 Å². The van der Waals surface area contributed by atoms with Gasteiger partial charge in [-0.3, -0.25) is 4.79 Å². The Morgan fingerprint density at radius 3 is 2.90 bits per heavy atom. The Bertz CT molecular complexity index is 681. The molecule has 0 spiro atoms. The molecule has 2 aromatic heterocycles. The van der Waals surface area contributed by atoms with Crippen LogP contribution in [0.4, 0.5) is 0 Å². The molecule has 1 N–H and O–H groups in total. The summed E-state index contributed by atoms with van der Waals surface area (Å²) in [7, 11) is 0. The van der Waals surface area contributed by atoms with E-state index in [0.29, 0.717) is 22.5 Å². The monoisotopic (exact) mass is 289 g/mol. The fourth-order valence-electron chi connectivity index (χ4n) is 3.40. The molecule has 20 heavy (non-hydrogen) atoms. The minimum Gasteiger partial charge on any atom is -0.348 e. The molecule has 2 fully saturated rings. The first-order chi connectivity index (χ1) is 9.70. The SMILES string of the molecule is O=C(NC1CN2CCC1C2)c1ccn2ccc(Cl)c2c1. The number of carbonyl (C=O) groups excluding carboxylic acids is 1. The Kier molecular flexibility index (Phi) is 2.75. The van der Waals surface area contributed by atoms with Crippen LogP contribution in [0.1, 0.15) is 16.8 Å². The lowest BCUT2D eigenvalue weighted by Crippen LogP contribution is -2.43. The quantitative estimate of drug-likeness (QED) is 0.918. The molecule has 0 saturated carbocycles. The van der Waals surface area contributed by atoms with Crippen molar-refractivity contribution < 1.29 is 4.79 Å². The summed E-state index contributed by atoms with van der Waals surface area (Å²) in [5.41, 5.74) is 1.55. The second kappa shape index (κ2) is 4.50. The number of rotatable bonds is 2. The predicted molar refractivity (Wildman–Crippen MR) is 78.2 cm³/mol. The van der Waals surface area contributed by atoms with E-state index in [9.17, 15) is 4.79 Å². The third-order valence-corrected chi connectivity index (χ3v) is 4.84. The molecule has 2 bridgehead atoms. The highest BCUT2D eigenvalue weighted by molar-refractivity contribution is 6.34. The molecule has 5 heteroatoms. The van der Waals surface area contributed by atoms with Gasteiger partial charge in [0.05, 0.1) is 10.5 Å². The van der Waals surface area contributed by atoms with Crippen LogP contribution >= 0.6 is 11.6 Å². The smallest absolute Gasteiger partial charge is 0.251 e. The molecule has 2 aliphatic heterocycles. The maximum Gasteiger partial charge on any atom is 0.251 e. The van der Waals surface area contributed by atoms with Gasteiger partial charge in [-0.15, -0.1) is 0 Å². The van der Waals surface area contributed by atoms with Crippen LogP contribution in [0, 0.1) is 5.92 Å². The molecule has 4 rings (SSSR count). The highest BCUT2D eigenvalue weighted by atomic mass is 35.5. The lowest BCUT2D eigenvalue weighted by Gasteiger charge is -2.23. The van der Waals surface area contributed by atoms with Gasteiger partial charge in [-0.05, 0) is 37.1 Å². The van der Waals surface area contributed by atoms with Crippen molar-refractivity contribution >= 4 is 23.0 Å².